The Morgan fingerprint density at radius 3 is 2.11 bits per heavy atom. The highest BCUT2D eigenvalue weighted by atomic mass is 16.6. The number of carboxylic acids is 2. The van der Waals surface area contributed by atoms with Crippen LogP contribution in [0.15, 0.2) is 42.5 Å². The van der Waals surface area contributed by atoms with Gasteiger partial charge in [-0.15, -0.1) is 0 Å². The van der Waals surface area contributed by atoms with Crippen molar-refractivity contribution in [2.75, 3.05) is 6.61 Å². The molecule has 0 aromatic heterocycles. The van der Waals surface area contributed by atoms with Gasteiger partial charge in [-0.2, -0.15) is 0 Å². The molecule has 0 aliphatic rings. The van der Waals surface area contributed by atoms with E-state index in [0.29, 0.717) is 6.61 Å². The molecule has 0 radical (unpaired) electrons. The predicted octanol–water partition coefficient (Wildman–Crippen LogP) is 0.831. The van der Waals surface area contributed by atoms with E-state index in [2.05, 4.69) is 17.0 Å². The van der Waals surface area contributed by atoms with Crippen molar-refractivity contribution in [3.63, 3.8) is 0 Å². The number of carbonyl (C=O) groups is 2. The van der Waals surface area contributed by atoms with Crippen molar-refractivity contribution in [2.45, 2.75) is 6.42 Å². The Morgan fingerprint density at radius 1 is 1.11 bits per heavy atom. The first kappa shape index (κ1) is 15.8. The zero-order valence-corrected chi connectivity index (χ0v) is 9.65. The molecule has 0 bridgehead atoms. The molecular formula is C12H15NO5. The van der Waals surface area contributed by atoms with Crippen LogP contribution >= 0.6 is 0 Å². The molecule has 98 valence electrons. The summed E-state index contributed by atoms with van der Waals surface area (Å²) in [7, 11) is 0. The minimum atomic E-state index is -1.82. The molecular weight excluding hydrogens is 238 g/mol. The molecule has 0 spiro atoms. The van der Waals surface area contributed by atoms with Crippen molar-refractivity contribution in [2.24, 2.45) is 5.90 Å². The third-order valence-corrected chi connectivity index (χ3v) is 1.74. The molecule has 0 atom stereocenters. The van der Waals surface area contributed by atoms with E-state index < -0.39 is 11.9 Å². The molecule has 0 amide bonds. The SMILES string of the molecule is NOCC=CCc1ccccc1.O=C(O)C(=O)O. The fourth-order valence-corrected chi connectivity index (χ4v) is 0.957. The van der Waals surface area contributed by atoms with Crippen LogP contribution in [0.4, 0.5) is 0 Å². The first-order chi connectivity index (χ1) is 8.57. The van der Waals surface area contributed by atoms with Crippen molar-refractivity contribution in [1.29, 1.82) is 0 Å². The number of allylic oxidation sites excluding steroid dienone is 1. The van der Waals surface area contributed by atoms with Crippen LogP contribution in [0.2, 0.25) is 0 Å². The normalized spacial score (nSPS) is 9.61. The maximum Gasteiger partial charge on any atom is 0.414 e. The van der Waals surface area contributed by atoms with Crippen molar-refractivity contribution in [3.05, 3.63) is 48.0 Å². The summed E-state index contributed by atoms with van der Waals surface area (Å²) >= 11 is 0. The number of rotatable bonds is 4. The Kier molecular flexibility index (Phi) is 8.79. The third kappa shape index (κ3) is 9.08. The summed E-state index contributed by atoms with van der Waals surface area (Å²) in [5.41, 5.74) is 1.30. The van der Waals surface area contributed by atoms with Crippen LogP contribution in [0.25, 0.3) is 0 Å². The molecule has 0 aliphatic carbocycles. The fourth-order valence-electron chi connectivity index (χ4n) is 0.957. The lowest BCUT2D eigenvalue weighted by atomic mass is 10.1. The lowest BCUT2D eigenvalue weighted by Crippen LogP contribution is -2.09. The minimum absolute atomic E-state index is 0.479. The van der Waals surface area contributed by atoms with Gasteiger partial charge in [-0.25, -0.2) is 15.5 Å². The van der Waals surface area contributed by atoms with Gasteiger partial charge in [-0.1, -0.05) is 42.5 Å². The standard InChI is InChI=1S/C10H13NO.C2H2O4/c11-12-9-5-4-8-10-6-2-1-3-7-10;3-1(4)2(5)6/h1-7H,8-9,11H2;(H,3,4)(H,5,6). The maximum absolute atomic E-state index is 9.10. The Labute approximate surface area is 104 Å². The Bertz CT molecular complexity index is 377. The van der Waals surface area contributed by atoms with Crippen LogP contribution in [0, 0.1) is 0 Å². The van der Waals surface area contributed by atoms with Gasteiger partial charge in [0, 0.05) is 0 Å². The van der Waals surface area contributed by atoms with Crippen LogP contribution < -0.4 is 5.90 Å². The van der Waals surface area contributed by atoms with Gasteiger partial charge in [0.2, 0.25) is 0 Å². The van der Waals surface area contributed by atoms with Crippen molar-refractivity contribution >= 4 is 11.9 Å². The summed E-state index contributed by atoms with van der Waals surface area (Å²) in [4.78, 5) is 22.6. The van der Waals surface area contributed by atoms with Crippen LogP contribution in [0.3, 0.4) is 0 Å². The minimum Gasteiger partial charge on any atom is -0.473 e. The van der Waals surface area contributed by atoms with Gasteiger partial charge < -0.3 is 15.1 Å². The zero-order valence-electron chi connectivity index (χ0n) is 9.65. The monoisotopic (exact) mass is 253 g/mol. The van der Waals surface area contributed by atoms with Crippen molar-refractivity contribution < 1.29 is 24.6 Å². The lowest BCUT2D eigenvalue weighted by molar-refractivity contribution is -0.159. The molecule has 0 heterocycles. The summed E-state index contributed by atoms with van der Waals surface area (Å²) in [5.74, 6) is 1.21. The van der Waals surface area contributed by atoms with Crippen LogP contribution in [-0.2, 0) is 20.8 Å². The third-order valence-electron chi connectivity index (χ3n) is 1.74. The summed E-state index contributed by atoms with van der Waals surface area (Å²) in [6, 6.07) is 10.3. The van der Waals surface area contributed by atoms with Gasteiger partial charge in [-0.05, 0) is 12.0 Å². The van der Waals surface area contributed by atoms with E-state index in [1.54, 1.807) is 0 Å². The number of aliphatic carboxylic acids is 2. The highest BCUT2D eigenvalue weighted by molar-refractivity contribution is 6.27. The number of benzene rings is 1. The van der Waals surface area contributed by atoms with Gasteiger partial charge in [0.25, 0.3) is 0 Å². The van der Waals surface area contributed by atoms with Crippen molar-refractivity contribution in [1.82, 2.24) is 0 Å². The van der Waals surface area contributed by atoms with E-state index >= 15 is 0 Å². The van der Waals surface area contributed by atoms with Gasteiger partial charge in [-0.3, -0.25) is 0 Å². The smallest absolute Gasteiger partial charge is 0.414 e. The fraction of sp³-hybridized carbons (Fsp3) is 0.167. The second-order valence-electron chi connectivity index (χ2n) is 3.10. The molecule has 1 aromatic carbocycles. The van der Waals surface area contributed by atoms with Gasteiger partial charge >= 0.3 is 11.9 Å². The second-order valence-corrected chi connectivity index (χ2v) is 3.10. The quantitative estimate of drug-likeness (QED) is 0.416. The number of hydrogen-bond donors (Lipinski definition) is 3. The van der Waals surface area contributed by atoms with E-state index in [1.807, 2.05) is 30.4 Å². The topological polar surface area (TPSA) is 110 Å². The highest BCUT2D eigenvalue weighted by Gasteiger charge is 2.04. The number of carboxylic acid groups (broad SMARTS) is 2. The van der Waals surface area contributed by atoms with Crippen molar-refractivity contribution in [3.8, 4) is 0 Å². The highest BCUT2D eigenvalue weighted by Crippen LogP contribution is 1.99. The van der Waals surface area contributed by atoms with E-state index in [1.165, 1.54) is 5.56 Å². The molecule has 0 fully saturated rings. The van der Waals surface area contributed by atoms with E-state index in [4.69, 9.17) is 25.7 Å². The molecule has 1 rings (SSSR count). The number of hydrogen-bond acceptors (Lipinski definition) is 4. The van der Waals surface area contributed by atoms with Crippen LogP contribution in [-0.4, -0.2) is 28.8 Å². The van der Waals surface area contributed by atoms with E-state index in [0.717, 1.165) is 6.42 Å². The summed E-state index contributed by atoms with van der Waals surface area (Å²) in [6.07, 6.45) is 4.89. The first-order valence-corrected chi connectivity index (χ1v) is 5.04. The van der Waals surface area contributed by atoms with Crippen LogP contribution in [0.1, 0.15) is 5.56 Å². The summed E-state index contributed by atoms with van der Waals surface area (Å²) < 4.78 is 0. The molecule has 6 nitrogen and oxygen atoms in total. The van der Waals surface area contributed by atoms with Gasteiger partial charge in [0.1, 0.15) is 0 Å². The predicted molar refractivity (Wildman–Crippen MR) is 64.7 cm³/mol. The Morgan fingerprint density at radius 2 is 1.67 bits per heavy atom. The zero-order chi connectivity index (χ0) is 13.8. The average Bonchev–Trinajstić information content (AvgIpc) is 2.36. The average molecular weight is 253 g/mol. The van der Waals surface area contributed by atoms with Gasteiger partial charge in [0.05, 0.1) is 6.61 Å². The molecule has 0 saturated carbocycles. The maximum atomic E-state index is 9.10. The largest absolute Gasteiger partial charge is 0.473 e. The van der Waals surface area contributed by atoms with E-state index in [-0.39, 0.29) is 0 Å². The summed E-state index contributed by atoms with van der Waals surface area (Å²) in [6.45, 7) is 0.479. The number of nitrogens with two attached hydrogens (primary N) is 1. The first-order valence-electron chi connectivity index (χ1n) is 5.04. The van der Waals surface area contributed by atoms with E-state index in [9.17, 15) is 0 Å². The second kappa shape index (κ2) is 10.0. The molecule has 0 unspecified atom stereocenters. The summed E-state index contributed by atoms with van der Waals surface area (Å²) in [5, 5.41) is 14.8. The molecule has 1 aromatic rings. The Hall–Kier alpha value is -2.18. The molecule has 4 N–H and O–H groups in total. The lowest BCUT2D eigenvalue weighted by Gasteiger charge is -1.93. The van der Waals surface area contributed by atoms with Crippen LogP contribution in [0.5, 0.6) is 0 Å². The molecule has 6 heteroatoms. The Balaban J connectivity index is 0.000000411. The molecule has 0 saturated heterocycles. The van der Waals surface area contributed by atoms with Gasteiger partial charge in [0.15, 0.2) is 0 Å². The molecule has 0 aliphatic heterocycles. The molecule has 18 heavy (non-hydrogen) atoms.